The van der Waals surface area contributed by atoms with Crippen molar-refractivity contribution in [3.05, 3.63) is 12.3 Å². The van der Waals surface area contributed by atoms with Crippen LogP contribution in [0, 0.1) is 0 Å². The summed E-state index contributed by atoms with van der Waals surface area (Å²) in [6.45, 7) is 4.66. The zero-order valence-corrected chi connectivity index (χ0v) is 10.9. The lowest BCUT2D eigenvalue weighted by Crippen LogP contribution is -2.31. The molecule has 84 valence electrons. The predicted molar refractivity (Wildman–Crippen MR) is 64.9 cm³/mol. The maximum Gasteiger partial charge on any atom is 0.228 e. The highest BCUT2D eigenvalue weighted by Gasteiger charge is 2.11. The third-order valence-electron chi connectivity index (χ3n) is 2.11. The first-order valence-corrected chi connectivity index (χ1v) is 6.05. The van der Waals surface area contributed by atoms with E-state index in [1.54, 1.807) is 12.3 Å². The number of nitrogens with zero attached hydrogens (tertiary/aromatic N) is 3. The van der Waals surface area contributed by atoms with Gasteiger partial charge in [-0.2, -0.15) is 4.98 Å². The molecule has 0 fully saturated rings. The van der Waals surface area contributed by atoms with E-state index in [0.717, 1.165) is 5.33 Å². The van der Waals surface area contributed by atoms with Gasteiger partial charge in [-0.1, -0.05) is 15.9 Å². The Morgan fingerprint density at radius 2 is 2.33 bits per heavy atom. The molecule has 0 N–H and O–H groups in total. The van der Waals surface area contributed by atoms with Crippen LogP contribution in [0.3, 0.4) is 0 Å². The number of alkyl halides is 1. The van der Waals surface area contributed by atoms with Crippen molar-refractivity contribution in [1.82, 2.24) is 9.97 Å². The molecule has 0 saturated carbocycles. The highest BCUT2D eigenvalue weighted by molar-refractivity contribution is 9.09. The van der Waals surface area contributed by atoms with Crippen LogP contribution in [0.4, 0.5) is 5.95 Å². The fourth-order valence-electron chi connectivity index (χ4n) is 1.03. The lowest BCUT2D eigenvalue weighted by molar-refractivity contribution is 0.326. The first-order chi connectivity index (χ1) is 7.19. The van der Waals surface area contributed by atoms with Gasteiger partial charge < -0.3 is 9.64 Å². The van der Waals surface area contributed by atoms with Gasteiger partial charge >= 0.3 is 0 Å². The van der Waals surface area contributed by atoms with Crippen molar-refractivity contribution in [3.63, 3.8) is 0 Å². The van der Waals surface area contributed by atoms with Crippen molar-refractivity contribution in [2.24, 2.45) is 0 Å². The van der Waals surface area contributed by atoms with Crippen LogP contribution in [0.15, 0.2) is 12.3 Å². The van der Waals surface area contributed by atoms with Crippen LogP contribution in [0.2, 0.25) is 0 Å². The number of ether oxygens (including phenoxy) is 1. The summed E-state index contributed by atoms with van der Waals surface area (Å²) >= 11 is 3.43. The van der Waals surface area contributed by atoms with Gasteiger partial charge in [-0.15, -0.1) is 0 Å². The quantitative estimate of drug-likeness (QED) is 0.771. The SMILES string of the molecule is CCOc1ccnc(N(C)C(C)CBr)n1. The standard InChI is InChI=1S/C10H16BrN3O/c1-4-15-9-5-6-12-10(13-9)14(3)8(2)7-11/h5-6,8H,4,7H2,1-3H3. The van der Waals surface area contributed by atoms with Crippen molar-refractivity contribution >= 4 is 21.9 Å². The highest BCUT2D eigenvalue weighted by atomic mass is 79.9. The maximum atomic E-state index is 5.32. The van der Waals surface area contributed by atoms with Crippen molar-refractivity contribution in [3.8, 4) is 5.88 Å². The summed E-state index contributed by atoms with van der Waals surface area (Å²) in [7, 11) is 1.97. The Morgan fingerprint density at radius 1 is 1.60 bits per heavy atom. The molecule has 1 rings (SSSR count). The summed E-state index contributed by atoms with van der Waals surface area (Å²) in [5.74, 6) is 1.31. The van der Waals surface area contributed by atoms with Gasteiger partial charge in [0.2, 0.25) is 11.8 Å². The van der Waals surface area contributed by atoms with E-state index in [0.29, 0.717) is 24.5 Å². The highest BCUT2D eigenvalue weighted by Crippen LogP contribution is 2.14. The topological polar surface area (TPSA) is 38.2 Å². The first-order valence-electron chi connectivity index (χ1n) is 4.93. The number of anilines is 1. The molecule has 0 aromatic carbocycles. The van der Waals surface area contributed by atoms with Gasteiger partial charge in [-0.3, -0.25) is 0 Å². The summed E-state index contributed by atoms with van der Waals surface area (Å²) in [5.41, 5.74) is 0. The first kappa shape index (κ1) is 12.2. The second-order valence-corrected chi connectivity index (χ2v) is 3.89. The minimum Gasteiger partial charge on any atom is -0.478 e. The molecule has 0 aliphatic heterocycles. The van der Waals surface area contributed by atoms with Crippen LogP contribution in [0.1, 0.15) is 13.8 Å². The Balaban J connectivity index is 2.80. The molecule has 1 unspecified atom stereocenters. The number of aromatic nitrogens is 2. The molecule has 0 spiro atoms. The minimum absolute atomic E-state index is 0.349. The average Bonchev–Trinajstić information content (AvgIpc) is 2.28. The normalized spacial score (nSPS) is 12.3. The summed E-state index contributed by atoms with van der Waals surface area (Å²) in [5, 5.41) is 0.881. The van der Waals surface area contributed by atoms with Gasteiger partial charge in [-0.25, -0.2) is 4.98 Å². The molecular weight excluding hydrogens is 258 g/mol. The van der Waals surface area contributed by atoms with Crippen molar-refractivity contribution in [2.75, 3.05) is 23.9 Å². The number of rotatable bonds is 5. The van der Waals surface area contributed by atoms with Gasteiger partial charge in [0, 0.05) is 30.7 Å². The van der Waals surface area contributed by atoms with E-state index in [1.165, 1.54) is 0 Å². The average molecular weight is 274 g/mol. The lowest BCUT2D eigenvalue weighted by atomic mass is 10.4. The smallest absolute Gasteiger partial charge is 0.228 e. The molecule has 0 saturated heterocycles. The predicted octanol–water partition coefficient (Wildman–Crippen LogP) is 2.09. The van der Waals surface area contributed by atoms with Crippen LogP contribution in [0.25, 0.3) is 0 Å². The van der Waals surface area contributed by atoms with E-state index >= 15 is 0 Å². The Labute approximate surface area is 98.8 Å². The van der Waals surface area contributed by atoms with Crippen LogP contribution >= 0.6 is 15.9 Å². The molecule has 1 heterocycles. The van der Waals surface area contributed by atoms with Crippen LogP contribution in [0.5, 0.6) is 5.88 Å². The van der Waals surface area contributed by atoms with Gasteiger partial charge in [0.25, 0.3) is 0 Å². The second-order valence-electron chi connectivity index (χ2n) is 3.24. The molecule has 1 atom stereocenters. The molecular formula is C10H16BrN3O. The van der Waals surface area contributed by atoms with Crippen LogP contribution < -0.4 is 9.64 Å². The monoisotopic (exact) mass is 273 g/mol. The molecule has 15 heavy (non-hydrogen) atoms. The van der Waals surface area contributed by atoms with Gasteiger partial charge in [0.15, 0.2) is 0 Å². The van der Waals surface area contributed by atoms with Gasteiger partial charge in [-0.05, 0) is 13.8 Å². The van der Waals surface area contributed by atoms with Crippen molar-refractivity contribution in [2.45, 2.75) is 19.9 Å². The fraction of sp³-hybridized carbons (Fsp3) is 0.600. The largest absolute Gasteiger partial charge is 0.478 e. The van der Waals surface area contributed by atoms with Crippen LogP contribution in [-0.4, -0.2) is 35.0 Å². The molecule has 4 nitrogen and oxygen atoms in total. The van der Waals surface area contributed by atoms with E-state index in [-0.39, 0.29) is 0 Å². The van der Waals surface area contributed by atoms with Gasteiger partial charge in [0.1, 0.15) is 0 Å². The Morgan fingerprint density at radius 3 is 2.93 bits per heavy atom. The lowest BCUT2D eigenvalue weighted by Gasteiger charge is -2.23. The molecule has 0 amide bonds. The summed E-state index contributed by atoms with van der Waals surface area (Å²) in [6, 6.07) is 2.11. The minimum atomic E-state index is 0.349. The van der Waals surface area contributed by atoms with Crippen molar-refractivity contribution in [1.29, 1.82) is 0 Å². The Hall–Kier alpha value is -0.840. The van der Waals surface area contributed by atoms with E-state index in [1.807, 2.05) is 18.9 Å². The zero-order chi connectivity index (χ0) is 11.3. The van der Waals surface area contributed by atoms with Crippen LogP contribution in [-0.2, 0) is 0 Å². The Bertz CT molecular complexity index is 308. The summed E-state index contributed by atoms with van der Waals surface area (Å²) in [6.07, 6.45) is 1.71. The molecule has 0 aliphatic carbocycles. The molecule has 0 bridgehead atoms. The van der Waals surface area contributed by atoms with E-state index in [9.17, 15) is 0 Å². The van der Waals surface area contributed by atoms with E-state index < -0.39 is 0 Å². The fourth-order valence-corrected chi connectivity index (χ4v) is 1.47. The van der Waals surface area contributed by atoms with Crippen molar-refractivity contribution < 1.29 is 4.74 Å². The maximum absolute atomic E-state index is 5.32. The second kappa shape index (κ2) is 5.90. The molecule has 1 aromatic heterocycles. The number of hydrogen-bond acceptors (Lipinski definition) is 4. The molecule has 1 aromatic rings. The van der Waals surface area contributed by atoms with Gasteiger partial charge in [0.05, 0.1) is 6.61 Å². The van der Waals surface area contributed by atoms with E-state index in [4.69, 9.17) is 4.74 Å². The third kappa shape index (κ3) is 3.34. The van der Waals surface area contributed by atoms with E-state index in [2.05, 4.69) is 32.8 Å². The zero-order valence-electron chi connectivity index (χ0n) is 9.27. The molecule has 0 radical (unpaired) electrons. The Kier molecular flexibility index (Phi) is 4.81. The summed E-state index contributed by atoms with van der Waals surface area (Å²) in [4.78, 5) is 10.5. The molecule has 0 aliphatic rings. The number of halogens is 1. The number of hydrogen-bond donors (Lipinski definition) is 0. The summed E-state index contributed by atoms with van der Waals surface area (Å²) < 4.78 is 5.32. The molecule has 5 heteroatoms. The third-order valence-corrected chi connectivity index (χ3v) is 3.05.